The standard InChI is InChI=1S/C19H19F3N4O/c1-11-5-16(17(27)3-4-19(20,21)22)25-10-14(11)15-6-12-9-26-18(23-2)7-13(12)8-24-15/h5-10,17,27H,3-4H2,1-2H3,(H,23,26). The number of pyridine rings is 3. The van der Waals surface area contributed by atoms with E-state index in [-0.39, 0.29) is 5.69 Å². The number of nitrogens with one attached hydrogen (secondary N) is 1. The van der Waals surface area contributed by atoms with Crippen LogP contribution in [0.25, 0.3) is 22.0 Å². The van der Waals surface area contributed by atoms with Crippen molar-refractivity contribution in [1.82, 2.24) is 15.0 Å². The van der Waals surface area contributed by atoms with Crippen LogP contribution in [0.15, 0.2) is 36.8 Å². The molecule has 1 atom stereocenters. The Hall–Kier alpha value is -2.74. The highest BCUT2D eigenvalue weighted by molar-refractivity contribution is 5.86. The molecule has 0 aliphatic heterocycles. The number of aryl methyl sites for hydroxylation is 1. The first-order valence-electron chi connectivity index (χ1n) is 8.42. The van der Waals surface area contributed by atoms with Gasteiger partial charge >= 0.3 is 6.18 Å². The van der Waals surface area contributed by atoms with E-state index in [1.807, 2.05) is 19.1 Å². The lowest BCUT2D eigenvalue weighted by atomic mass is 10.0. The Morgan fingerprint density at radius 3 is 2.41 bits per heavy atom. The van der Waals surface area contributed by atoms with E-state index >= 15 is 0 Å². The Kier molecular flexibility index (Phi) is 5.27. The molecule has 0 aliphatic carbocycles. The van der Waals surface area contributed by atoms with Crippen LogP contribution in [0.3, 0.4) is 0 Å². The number of halogens is 3. The lowest BCUT2D eigenvalue weighted by Gasteiger charge is -2.14. The van der Waals surface area contributed by atoms with Gasteiger partial charge < -0.3 is 10.4 Å². The fraction of sp³-hybridized carbons (Fsp3) is 0.316. The number of rotatable bonds is 5. The molecule has 0 bridgehead atoms. The highest BCUT2D eigenvalue weighted by Crippen LogP contribution is 2.29. The third-order valence-corrected chi connectivity index (χ3v) is 4.31. The molecule has 0 aliphatic rings. The van der Waals surface area contributed by atoms with Gasteiger partial charge in [-0.3, -0.25) is 9.97 Å². The van der Waals surface area contributed by atoms with Crippen LogP contribution < -0.4 is 5.32 Å². The van der Waals surface area contributed by atoms with Crippen LogP contribution in [0.1, 0.15) is 30.2 Å². The summed E-state index contributed by atoms with van der Waals surface area (Å²) in [5.74, 6) is 0.743. The third-order valence-electron chi connectivity index (χ3n) is 4.31. The van der Waals surface area contributed by atoms with Crippen molar-refractivity contribution in [3.63, 3.8) is 0 Å². The van der Waals surface area contributed by atoms with Crippen molar-refractivity contribution in [1.29, 1.82) is 0 Å². The summed E-state index contributed by atoms with van der Waals surface area (Å²) in [6, 6.07) is 5.37. The lowest BCUT2D eigenvalue weighted by Crippen LogP contribution is -2.11. The first kappa shape index (κ1) is 19.0. The molecule has 5 nitrogen and oxygen atoms in total. The van der Waals surface area contributed by atoms with Crippen LogP contribution in [-0.4, -0.2) is 33.3 Å². The van der Waals surface area contributed by atoms with Crippen LogP contribution in [-0.2, 0) is 0 Å². The molecule has 0 amide bonds. The summed E-state index contributed by atoms with van der Waals surface area (Å²) in [6.45, 7) is 1.81. The number of aliphatic hydroxyl groups is 1. The molecule has 27 heavy (non-hydrogen) atoms. The van der Waals surface area contributed by atoms with E-state index in [4.69, 9.17) is 0 Å². The van der Waals surface area contributed by atoms with Gasteiger partial charge in [-0.1, -0.05) is 0 Å². The van der Waals surface area contributed by atoms with Crippen molar-refractivity contribution in [2.24, 2.45) is 0 Å². The van der Waals surface area contributed by atoms with Crippen LogP contribution in [0.4, 0.5) is 19.0 Å². The van der Waals surface area contributed by atoms with Crippen molar-refractivity contribution in [2.75, 3.05) is 12.4 Å². The molecule has 0 aromatic carbocycles. The molecule has 2 N–H and O–H groups in total. The number of aromatic nitrogens is 3. The van der Waals surface area contributed by atoms with Gasteiger partial charge in [0.15, 0.2) is 0 Å². The van der Waals surface area contributed by atoms with Crippen molar-refractivity contribution in [3.05, 3.63) is 48.0 Å². The van der Waals surface area contributed by atoms with E-state index in [1.165, 1.54) is 6.20 Å². The quantitative estimate of drug-likeness (QED) is 0.690. The Bertz CT molecular complexity index is 959. The van der Waals surface area contributed by atoms with Gasteiger partial charge in [0, 0.05) is 48.4 Å². The largest absolute Gasteiger partial charge is 0.389 e. The van der Waals surface area contributed by atoms with E-state index in [1.54, 1.807) is 25.5 Å². The second-order valence-corrected chi connectivity index (χ2v) is 6.33. The summed E-state index contributed by atoms with van der Waals surface area (Å²) in [7, 11) is 1.79. The van der Waals surface area contributed by atoms with Crippen LogP contribution >= 0.6 is 0 Å². The fourth-order valence-electron chi connectivity index (χ4n) is 2.80. The Morgan fingerprint density at radius 2 is 1.74 bits per heavy atom. The van der Waals surface area contributed by atoms with Crippen LogP contribution in [0.5, 0.6) is 0 Å². The number of alkyl halides is 3. The van der Waals surface area contributed by atoms with Crippen LogP contribution in [0.2, 0.25) is 0 Å². The van der Waals surface area contributed by atoms with E-state index < -0.39 is 25.1 Å². The fourth-order valence-corrected chi connectivity index (χ4v) is 2.80. The van der Waals surface area contributed by atoms with Crippen molar-refractivity contribution in [3.8, 4) is 11.3 Å². The number of hydrogen-bond donors (Lipinski definition) is 2. The summed E-state index contributed by atoms with van der Waals surface area (Å²) < 4.78 is 37.0. The second-order valence-electron chi connectivity index (χ2n) is 6.33. The van der Waals surface area contributed by atoms with Gasteiger partial charge in [-0.05, 0) is 37.1 Å². The molecule has 3 aromatic rings. The summed E-state index contributed by atoms with van der Waals surface area (Å²) in [4.78, 5) is 12.9. The second kappa shape index (κ2) is 7.48. The van der Waals surface area contributed by atoms with Gasteiger partial charge in [0.2, 0.25) is 0 Å². The minimum Gasteiger partial charge on any atom is -0.387 e. The minimum atomic E-state index is -4.30. The number of aliphatic hydroxyl groups excluding tert-OH is 1. The van der Waals surface area contributed by atoms with Gasteiger partial charge in [0.25, 0.3) is 0 Å². The topological polar surface area (TPSA) is 70.9 Å². The Morgan fingerprint density at radius 1 is 1.04 bits per heavy atom. The first-order valence-corrected chi connectivity index (χ1v) is 8.42. The normalized spacial score (nSPS) is 13.0. The van der Waals surface area contributed by atoms with E-state index in [0.29, 0.717) is 5.69 Å². The van der Waals surface area contributed by atoms with Gasteiger partial charge in [-0.25, -0.2) is 4.98 Å². The maximum atomic E-state index is 12.3. The number of fused-ring (bicyclic) bond motifs is 1. The van der Waals surface area contributed by atoms with Crippen molar-refractivity contribution >= 4 is 16.6 Å². The molecule has 3 rings (SSSR count). The van der Waals surface area contributed by atoms with E-state index in [9.17, 15) is 18.3 Å². The average Bonchev–Trinajstić information content (AvgIpc) is 2.64. The summed E-state index contributed by atoms with van der Waals surface area (Å²) in [5.41, 5.74) is 2.43. The molecular formula is C19H19F3N4O. The lowest BCUT2D eigenvalue weighted by molar-refractivity contribution is -0.140. The first-order chi connectivity index (χ1) is 12.8. The average molecular weight is 376 g/mol. The molecule has 8 heteroatoms. The molecular weight excluding hydrogens is 357 g/mol. The van der Waals surface area contributed by atoms with E-state index in [2.05, 4.69) is 20.3 Å². The highest BCUT2D eigenvalue weighted by Gasteiger charge is 2.28. The molecule has 0 spiro atoms. The monoisotopic (exact) mass is 376 g/mol. The molecule has 0 saturated heterocycles. The molecule has 0 radical (unpaired) electrons. The molecule has 1 unspecified atom stereocenters. The summed E-state index contributed by atoms with van der Waals surface area (Å²) >= 11 is 0. The van der Waals surface area contributed by atoms with E-state index in [0.717, 1.165) is 27.7 Å². The number of anilines is 1. The summed E-state index contributed by atoms with van der Waals surface area (Å²) in [5, 5.41) is 14.8. The highest BCUT2D eigenvalue weighted by atomic mass is 19.4. The molecule has 3 heterocycles. The van der Waals surface area contributed by atoms with Gasteiger partial charge in [0.05, 0.1) is 17.5 Å². The SMILES string of the molecule is CNc1cc2cnc(-c3cnc(C(O)CCC(F)(F)F)cc3C)cc2cn1. The van der Waals surface area contributed by atoms with Crippen molar-refractivity contribution < 1.29 is 18.3 Å². The molecule has 0 fully saturated rings. The van der Waals surface area contributed by atoms with Crippen molar-refractivity contribution in [2.45, 2.75) is 32.0 Å². The Balaban J connectivity index is 1.86. The molecule has 0 saturated carbocycles. The third kappa shape index (κ3) is 4.51. The zero-order valence-electron chi connectivity index (χ0n) is 14.9. The summed E-state index contributed by atoms with van der Waals surface area (Å²) in [6.07, 6.45) is -2.01. The zero-order chi connectivity index (χ0) is 19.6. The minimum absolute atomic E-state index is 0.224. The van der Waals surface area contributed by atoms with Crippen LogP contribution in [0, 0.1) is 6.92 Å². The smallest absolute Gasteiger partial charge is 0.387 e. The maximum absolute atomic E-state index is 12.3. The predicted molar refractivity (Wildman–Crippen MR) is 97.3 cm³/mol. The number of nitrogens with zero attached hydrogens (tertiary/aromatic N) is 3. The predicted octanol–water partition coefficient (Wildman–Crippen LogP) is 4.42. The molecule has 142 valence electrons. The number of hydrogen-bond acceptors (Lipinski definition) is 5. The zero-order valence-corrected chi connectivity index (χ0v) is 14.9. The van der Waals surface area contributed by atoms with Gasteiger partial charge in [-0.15, -0.1) is 0 Å². The Labute approximate surface area is 154 Å². The van der Waals surface area contributed by atoms with Gasteiger partial charge in [-0.2, -0.15) is 13.2 Å². The molecule has 3 aromatic heterocycles. The maximum Gasteiger partial charge on any atom is 0.389 e. The van der Waals surface area contributed by atoms with Gasteiger partial charge in [0.1, 0.15) is 5.82 Å².